The predicted octanol–water partition coefficient (Wildman–Crippen LogP) is 4.03. The van der Waals surface area contributed by atoms with Crippen molar-refractivity contribution in [2.75, 3.05) is 0 Å². The summed E-state index contributed by atoms with van der Waals surface area (Å²) in [6.07, 6.45) is 7.59. The minimum absolute atomic E-state index is 0.0647. The number of allylic oxidation sites excluding steroid dienone is 1. The van der Waals surface area contributed by atoms with Crippen LogP contribution in [-0.2, 0) is 19.1 Å². The maximum Gasteiger partial charge on any atom is 0.303 e. The van der Waals surface area contributed by atoms with Gasteiger partial charge < -0.3 is 9.47 Å². The van der Waals surface area contributed by atoms with E-state index in [-0.39, 0.29) is 34.8 Å². The SMILES string of the molecule is CC(=O)O[C@@H]1CC(C)(C)/C=C/C[C@](C)(OC(C)=O)[C@H]2CC[C@]12C. The Kier molecular flexibility index (Phi) is 4.67. The van der Waals surface area contributed by atoms with E-state index >= 15 is 0 Å². The van der Waals surface area contributed by atoms with Crippen LogP contribution in [0.5, 0.6) is 0 Å². The van der Waals surface area contributed by atoms with Crippen LogP contribution in [0.15, 0.2) is 12.2 Å². The van der Waals surface area contributed by atoms with Crippen LogP contribution < -0.4 is 0 Å². The highest BCUT2D eigenvalue weighted by molar-refractivity contribution is 5.67. The second-order valence-electron chi connectivity index (χ2n) is 8.40. The third kappa shape index (κ3) is 3.61. The van der Waals surface area contributed by atoms with Gasteiger partial charge in [0.15, 0.2) is 0 Å². The van der Waals surface area contributed by atoms with Gasteiger partial charge in [0.1, 0.15) is 11.7 Å². The number of rotatable bonds is 2. The van der Waals surface area contributed by atoms with Crippen LogP contribution in [0.4, 0.5) is 0 Å². The number of esters is 2. The third-order valence-electron chi connectivity index (χ3n) is 5.73. The second kappa shape index (κ2) is 5.95. The molecule has 0 N–H and O–H groups in total. The average molecular weight is 322 g/mol. The summed E-state index contributed by atoms with van der Waals surface area (Å²) in [7, 11) is 0. The van der Waals surface area contributed by atoms with E-state index < -0.39 is 5.60 Å². The minimum Gasteiger partial charge on any atom is -0.462 e. The summed E-state index contributed by atoms with van der Waals surface area (Å²) in [6.45, 7) is 11.4. The molecule has 1 saturated carbocycles. The standard InChI is InChI=1S/C19H30O4/c1-13(20)22-16-12-17(3,4)9-7-10-19(6,23-14(2)21)15-8-11-18(15,16)5/h7,9,15-16H,8,10-12H2,1-6H3/b9-7+/t15-,16+,18-,19-/m0/s1. The quantitative estimate of drug-likeness (QED) is 0.569. The molecule has 4 nitrogen and oxygen atoms in total. The Hall–Kier alpha value is -1.32. The minimum atomic E-state index is -0.547. The van der Waals surface area contributed by atoms with Gasteiger partial charge in [0, 0.05) is 31.6 Å². The molecule has 0 heterocycles. The summed E-state index contributed by atoms with van der Waals surface area (Å²) < 4.78 is 11.5. The molecule has 0 aromatic carbocycles. The second-order valence-corrected chi connectivity index (χ2v) is 8.40. The first-order valence-electron chi connectivity index (χ1n) is 8.53. The van der Waals surface area contributed by atoms with Crippen LogP contribution in [0.3, 0.4) is 0 Å². The van der Waals surface area contributed by atoms with Gasteiger partial charge in [-0.1, -0.05) is 32.9 Å². The smallest absolute Gasteiger partial charge is 0.303 e. The Morgan fingerprint density at radius 1 is 1.09 bits per heavy atom. The number of hydrogen-bond acceptors (Lipinski definition) is 4. The monoisotopic (exact) mass is 322 g/mol. The van der Waals surface area contributed by atoms with Crippen molar-refractivity contribution in [3.05, 3.63) is 12.2 Å². The van der Waals surface area contributed by atoms with E-state index in [1.54, 1.807) is 0 Å². The van der Waals surface area contributed by atoms with Gasteiger partial charge in [-0.15, -0.1) is 0 Å². The number of carbonyl (C=O) groups is 2. The van der Waals surface area contributed by atoms with Crippen LogP contribution >= 0.6 is 0 Å². The van der Waals surface area contributed by atoms with E-state index in [1.807, 2.05) is 6.92 Å². The zero-order valence-electron chi connectivity index (χ0n) is 15.3. The van der Waals surface area contributed by atoms with Crippen LogP contribution in [-0.4, -0.2) is 23.6 Å². The van der Waals surface area contributed by atoms with Gasteiger partial charge in [0.05, 0.1) is 0 Å². The summed E-state index contributed by atoms with van der Waals surface area (Å²) >= 11 is 0. The van der Waals surface area contributed by atoms with Crippen molar-refractivity contribution < 1.29 is 19.1 Å². The van der Waals surface area contributed by atoms with E-state index in [1.165, 1.54) is 13.8 Å². The lowest BCUT2D eigenvalue weighted by atomic mass is 9.51. The van der Waals surface area contributed by atoms with E-state index in [2.05, 4.69) is 32.9 Å². The van der Waals surface area contributed by atoms with Crippen molar-refractivity contribution in [2.45, 2.75) is 78.9 Å². The Labute approximate surface area is 139 Å². The van der Waals surface area contributed by atoms with Gasteiger partial charge in [-0.05, 0) is 31.6 Å². The molecular weight excluding hydrogens is 292 g/mol. The fourth-order valence-corrected chi connectivity index (χ4v) is 4.48. The van der Waals surface area contributed by atoms with Gasteiger partial charge in [-0.3, -0.25) is 9.59 Å². The van der Waals surface area contributed by atoms with Crippen LogP contribution in [0.25, 0.3) is 0 Å². The molecular formula is C19H30O4. The predicted molar refractivity (Wildman–Crippen MR) is 88.7 cm³/mol. The van der Waals surface area contributed by atoms with Crippen molar-refractivity contribution in [2.24, 2.45) is 16.7 Å². The molecule has 0 bridgehead atoms. The molecule has 1 fully saturated rings. The van der Waals surface area contributed by atoms with Gasteiger partial charge in [-0.2, -0.15) is 0 Å². The normalized spacial score (nSPS) is 40.4. The summed E-state index contributed by atoms with van der Waals surface area (Å²) in [6, 6.07) is 0. The topological polar surface area (TPSA) is 52.6 Å². The molecule has 0 radical (unpaired) electrons. The number of ether oxygens (including phenoxy) is 2. The molecule has 0 aliphatic heterocycles. The highest BCUT2D eigenvalue weighted by Crippen LogP contribution is 2.58. The maximum atomic E-state index is 11.6. The molecule has 0 saturated heterocycles. The van der Waals surface area contributed by atoms with E-state index in [0.717, 1.165) is 19.3 Å². The van der Waals surface area contributed by atoms with E-state index in [9.17, 15) is 9.59 Å². The lowest BCUT2D eigenvalue weighted by Gasteiger charge is -2.57. The maximum absolute atomic E-state index is 11.6. The first-order valence-corrected chi connectivity index (χ1v) is 8.53. The Bertz CT molecular complexity index is 521. The van der Waals surface area contributed by atoms with Crippen LogP contribution in [0.1, 0.15) is 67.2 Å². The van der Waals surface area contributed by atoms with Crippen molar-refractivity contribution in [1.29, 1.82) is 0 Å². The largest absolute Gasteiger partial charge is 0.462 e. The lowest BCUT2D eigenvalue weighted by molar-refractivity contribution is -0.205. The van der Waals surface area contributed by atoms with Crippen LogP contribution in [0, 0.1) is 16.7 Å². The molecule has 130 valence electrons. The van der Waals surface area contributed by atoms with Crippen molar-refractivity contribution in [3.8, 4) is 0 Å². The fourth-order valence-electron chi connectivity index (χ4n) is 4.48. The zero-order chi connectivity index (χ0) is 17.5. The molecule has 2 aliphatic rings. The summed E-state index contributed by atoms with van der Waals surface area (Å²) in [4.78, 5) is 23.3. The summed E-state index contributed by atoms with van der Waals surface area (Å²) in [5.41, 5.74) is -0.766. The molecule has 0 aromatic rings. The van der Waals surface area contributed by atoms with Crippen LogP contribution in [0.2, 0.25) is 0 Å². The number of carbonyl (C=O) groups excluding carboxylic acids is 2. The van der Waals surface area contributed by atoms with E-state index in [4.69, 9.17) is 9.47 Å². The van der Waals surface area contributed by atoms with Crippen molar-refractivity contribution in [3.63, 3.8) is 0 Å². The lowest BCUT2D eigenvalue weighted by Crippen LogP contribution is -2.58. The molecule has 2 aliphatic carbocycles. The van der Waals surface area contributed by atoms with Crippen molar-refractivity contribution in [1.82, 2.24) is 0 Å². The van der Waals surface area contributed by atoms with Crippen molar-refractivity contribution >= 4 is 11.9 Å². The van der Waals surface area contributed by atoms with E-state index in [0.29, 0.717) is 6.42 Å². The Balaban J connectivity index is 2.42. The molecule has 0 aromatic heterocycles. The summed E-state index contributed by atoms with van der Waals surface area (Å²) in [5.74, 6) is -0.297. The summed E-state index contributed by atoms with van der Waals surface area (Å²) in [5, 5.41) is 0. The van der Waals surface area contributed by atoms with Gasteiger partial charge in [0.25, 0.3) is 0 Å². The highest BCUT2D eigenvalue weighted by Gasteiger charge is 2.59. The highest BCUT2D eigenvalue weighted by atomic mass is 16.6. The molecule has 4 heteroatoms. The zero-order valence-corrected chi connectivity index (χ0v) is 15.3. The average Bonchev–Trinajstić information content (AvgIpc) is 2.33. The fraction of sp³-hybridized carbons (Fsp3) is 0.789. The van der Waals surface area contributed by atoms with Gasteiger partial charge in [0.2, 0.25) is 0 Å². The first-order chi connectivity index (χ1) is 10.5. The third-order valence-corrected chi connectivity index (χ3v) is 5.73. The number of hydrogen-bond donors (Lipinski definition) is 0. The molecule has 0 unspecified atom stereocenters. The van der Waals surface area contributed by atoms with Gasteiger partial charge >= 0.3 is 11.9 Å². The molecule has 4 atom stereocenters. The first kappa shape index (κ1) is 18.0. The Morgan fingerprint density at radius 2 is 1.74 bits per heavy atom. The molecule has 0 spiro atoms. The molecule has 2 rings (SSSR count). The molecule has 23 heavy (non-hydrogen) atoms. The van der Waals surface area contributed by atoms with Gasteiger partial charge in [-0.25, -0.2) is 0 Å². The number of fused-ring (bicyclic) bond motifs is 1. The Morgan fingerprint density at radius 3 is 2.22 bits per heavy atom. The molecule has 0 amide bonds.